The summed E-state index contributed by atoms with van der Waals surface area (Å²) in [5.74, 6) is 0.889. The minimum atomic E-state index is -1.66. The Morgan fingerprint density at radius 2 is 2.13 bits per heavy atom. The van der Waals surface area contributed by atoms with Crippen molar-refractivity contribution in [3.05, 3.63) is 83.3 Å². The van der Waals surface area contributed by atoms with Gasteiger partial charge in [0.05, 0.1) is 6.04 Å². The van der Waals surface area contributed by atoms with Crippen LogP contribution in [-0.4, -0.2) is 32.0 Å². The zero-order valence-corrected chi connectivity index (χ0v) is 16.5. The minimum absolute atomic E-state index is 0.0657. The predicted molar refractivity (Wildman–Crippen MR) is 115 cm³/mol. The summed E-state index contributed by atoms with van der Waals surface area (Å²) in [5, 5.41) is 10.9. The first-order chi connectivity index (χ1) is 15.9. The van der Waals surface area contributed by atoms with Gasteiger partial charge in [-0.2, -0.15) is 4.98 Å². The Morgan fingerprint density at radius 3 is 3.06 bits per heavy atom. The maximum Gasteiger partial charge on any atom is 0.322 e. The molecule has 0 saturated carbocycles. The Balaban J connectivity index is 1.29. The summed E-state index contributed by atoms with van der Waals surface area (Å²) in [7, 11) is 0. The summed E-state index contributed by atoms with van der Waals surface area (Å²) in [6.07, 6.45) is 2.63. The molecule has 6 rings (SSSR count). The highest BCUT2D eigenvalue weighted by Gasteiger charge is 2.39. The van der Waals surface area contributed by atoms with E-state index in [2.05, 4.69) is 19.9 Å². The highest BCUT2D eigenvalue weighted by Crippen LogP contribution is 2.40. The SMILES string of the molecule is [2H]C1([2H])c2cnccc2[C@H]2OC(c3cccc(Oc4ncc5cc(C)cc(O)c5n4)c3)=N[C@H]21. The van der Waals surface area contributed by atoms with E-state index in [4.69, 9.17) is 12.2 Å². The number of phenolic OH excluding ortho intramolecular Hbond substituents is 1. The van der Waals surface area contributed by atoms with Gasteiger partial charge in [0.1, 0.15) is 23.1 Å². The summed E-state index contributed by atoms with van der Waals surface area (Å²) < 4.78 is 28.9. The zero-order chi connectivity index (χ0) is 22.7. The molecule has 0 amide bonds. The normalized spacial score (nSPS) is 21.5. The van der Waals surface area contributed by atoms with E-state index in [0.29, 0.717) is 28.3 Å². The fraction of sp³-hybridized carbons (Fsp3) is 0.167. The van der Waals surface area contributed by atoms with Crippen molar-refractivity contribution in [1.82, 2.24) is 15.0 Å². The van der Waals surface area contributed by atoms with Crippen molar-refractivity contribution in [2.24, 2.45) is 4.99 Å². The number of fused-ring (bicyclic) bond motifs is 4. The zero-order valence-electron chi connectivity index (χ0n) is 18.5. The number of hydrogen-bond acceptors (Lipinski definition) is 7. The Kier molecular flexibility index (Phi) is 3.45. The Hall–Kier alpha value is -4.00. The molecule has 0 bridgehead atoms. The van der Waals surface area contributed by atoms with Crippen LogP contribution in [0.4, 0.5) is 0 Å². The number of nitrogens with zero attached hydrogens (tertiary/aromatic N) is 4. The molecule has 152 valence electrons. The van der Waals surface area contributed by atoms with E-state index < -0.39 is 18.5 Å². The summed E-state index contributed by atoms with van der Waals surface area (Å²) in [6.45, 7) is 1.89. The van der Waals surface area contributed by atoms with Crippen LogP contribution in [0.25, 0.3) is 10.9 Å². The lowest BCUT2D eigenvalue weighted by Gasteiger charge is -2.11. The molecule has 2 aliphatic rings. The predicted octanol–water partition coefficient (Wildman–Crippen LogP) is 4.27. The maximum absolute atomic E-state index is 10.2. The van der Waals surface area contributed by atoms with Crippen LogP contribution in [0.15, 0.2) is 66.0 Å². The van der Waals surface area contributed by atoms with Gasteiger partial charge in [-0.05, 0) is 54.4 Å². The van der Waals surface area contributed by atoms with E-state index in [-0.39, 0.29) is 11.8 Å². The smallest absolute Gasteiger partial charge is 0.322 e. The third-order valence-electron chi connectivity index (χ3n) is 5.32. The van der Waals surface area contributed by atoms with E-state index in [9.17, 15) is 5.11 Å². The van der Waals surface area contributed by atoms with E-state index >= 15 is 0 Å². The second-order valence-corrected chi connectivity index (χ2v) is 7.53. The molecule has 2 aromatic carbocycles. The molecule has 31 heavy (non-hydrogen) atoms. The molecule has 2 aromatic heterocycles. The lowest BCUT2D eigenvalue weighted by molar-refractivity contribution is 0.209. The number of phenols is 1. The van der Waals surface area contributed by atoms with Crippen LogP contribution in [-0.2, 0) is 11.1 Å². The summed E-state index contributed by atoms with van der Waals surface area (Å²) in [6, 6.07) is 11.8. The number of hydrogen-bond donors (Lipinski definition) is 1. The van der Waals surface area contributed by atoms with Crippen LogP contribution in [0.5, 0.6) is 17.5 Å². The number of aromatic hydroxyl groups is 1. The average molecular weight is 412 g/mol. The standard InChI is InChI=1S/C24H18N4O3/c1-13-7-16-12-26-24(28-21(16)20(29)8-13)30-17-4-2-3-14(9-17)23-27-19-10-15-11-25-6-5-18(15)22(19)31-23/h2-9,11-12,19,22,29H,10H2,1H3/t19-,22+/m0/s1/i10D2. The summed E-state index contributed by atoms with van der Waals surface area (Å²) in [4.78, 5) is 17.2. The van der Waals surface area contributed by atoms with Gasteiger partial charge >= 0.3 is 6.01 Å². The van der Waals surface area contributed by atoms with Gasteiger partial charge in [-0.25, -0.2) is 9.98 Å². The molecule has 0 fully saturated rings. The molecule has 0 saturated heterocycles. The van der Waals surface area contributed by atoms with Crippen LogP contribution in [0.3, 0.4) is 0 Å². The van der Waals surface area contributed by atoms with Crippen molar-refractivity contribution in [2.45, 2.75) is 25.4 Å². The number of aryl methyl sites for hydroxylation is 1. The van der Waals surface area contributed by atoms with Crippen molar-refractivity contribution < 1.29 is 17.3 Å². The third kappa shape index (κ3) is 3.06. The number of rotatable bonds is 3. The van der Waals surface area contributed by atoms with Gasteiger partial charge in [0.2, 0.25) is 5.90 Å². The quantitative estimate of drug-likeness (QED) is 0.540. The number of benzene rings is 2. The first-order valence-electron chi connectivity index (χ1n) is 10.8. The minimum Gasteiger partial charge on any atom is -0.506 e. The first-order valence-corrected chi connectivity index (χ1v) is 9.84. The molecule has 4 aromatic rings. The molecule has 1 aliphatic carbocycles. The van der Waals surface area contributed by atoms with E-state index in [1.807, 2.05) is 19.1 Å². The molecule has 0 radical (unpaired) electrons. The number of aliphatic imine (C=N–C) groups is 1. The van der Waals surface area contributed by atoms with Crippen LogP contribution < -0.4 is 4.74 Å². The molecule has 7 heteroatoms. The van der Waals surface area contributed by atoms with Crippen molar-refractivity contribution in [1.29, 1.82) is 0 Å². The maximum atomic E-state index is 10.2. The van der Waals surface area contributed by atoms with Crippen LogP contribution in [0.2, 0.25) is 0 Å². The number of ether oxygens (including phenoxy) is 2. The van der Waals surface area contributed by atoms with Gasteiger partial charge in [-0.1, -0.05) is 6.07 Å². The van der Waals surface area contributed by atoms with Gasteiger partial charge in [-0.15, -0.1) is 0 Å². The third-order valence-corrected chi connectivity index (χ3v) is 5.32. The lowest BCUT2D eigenvalue weighted by Crippen LogP contribution is -2.08. The number of aromatic nitrogens is 3. The molecular weight excluding hydrogens is 392 g/mol. The highest BCUT2D eigenvalue weighted by atomic mass is 16.5. The van der Waals surface area contributed by atoms with Crippen molar-refractivity contribution >= 4 is 16.8 Å². The second kappa shape index (κ2) is 6.77. The monoisotopic (exact) mass is 412 g/mol. The molecule has 3 heterocycles. The Labute approximate surface area is 180 Å². The Morgan fingerprint density at radius 1 is 1.19 bits per heavy atom. The van der Waals surface area contributed by atoms with Crippen LogP contribution in [0.1, 0.15) is 31.1 Å². The van der Waals surface area contributed by atoms with Crippen LogP contribution in [0, 0.1) is 6.92 Å². The molecule has 0 unspecified atom stereocenters. The topological polar surface area (TPSA) is 89.7 Å². The van der Waals surface area contributed by atoms with E-state index in [0.717, 1.165) is 16.5 Å². The lowest BCUT2D eigenvalue weighted by atomic mass is 10.1. The summed E-state index contributed by atoms with van der Waals surface area (Å²) in [5.41, 5.74) is 3.27. The molecule has 0 spiro atoms. The molecule has 1 N–H and O–H groups in total. The van der Waals surface area contributed by atoms with E-state index in [1.54, 1.807) is 48.9 Å². The average Bonchev–Trinajstić information content (AvgIpc) is 3.33. The van der Waals surface area contributed by atoms with Crippen molar-refractivity contribution in [3.63, 3.8) is 0 Å². The van der Waals surface area contributed by atoms with E-state index in [1.165, 1.54) is 0 Å². The highest BCUT2D eigenvalue weighted by molar-refractivity contribution is 5.96. The second-order valence-electron chi connectivity index (χ2n) is 7.53. The molecule has 1 aliphatic heterocycles. The van der Waals surface area contributed by atoms with Gasteiger partial charge < -0.3 is 14.6 Å². The largest absolute Gasteiger partial charge is 0.506 e. The van der Waals surface area contributed by atoms with Gasteiger partial charge in [0.25, 0.3) is 0 Å². The summed E-state index contributed by atoms with van der Waals surface area (Å²) >= 11 is 0. The van der Waals surface area contributed by atoms with Gasteiger partial charge in [0.15, 0.2) is 0 Å². The van der Waals surface area contributed by atoms with Gasteiger partial charge in [0, 0.05) is 44.2 Å². The molecular formula is C24H18N4O3. The van der Waals surface area contributed by atoms with Crippen molar-refractivity contribution in [3.8, 4) is 17.5 Å². The molecule has 2 atom stereocenters. The Bertz CT molecular complexity index is 1460. The van der Waals surface area contributed by atoms with Crippen molar-refractivity contribution in [2.75, 3.05) is 0 Å². The van der Waals surface area contributed by atoms with Gasteiger partial charge in [-0.3, -0.25) is 4.98 Å². The fourth-order valence-corrected chi connectivity index (χ4v) is 3.93. The first kappa shape index (κ1) is 15.8. The van der Waals surface area contributed by atoms with Crippen LogP contribution >= 0.6 is 0 Å². The fourth-order valence-electron chi connectivity index (χ4n) is 3.93. The molecule has 7 nitrogen and oxygen atoms in total. The number of pyridine rings is 1.